The van der Waals surface area contributed by atoms with Crippen LogP contribution in [-0.4, -0.2) is 43.7 Å². The Balaban J connectivity index is 1.78. The first kappa shape index (κ1) is 15.9. The largest absolute Gasteiger partial charge is 0.374 e. The highest BCUT2D eigenvalue weighted by Crippen LogP contribution is 2.26. The molecule has 0 fully saturated rings. The Labute approximate surface area is 135 Å². The number of primary amides is 1. The van der Waals surface area contributed by atoms with Crippen LogP contribution in [-0.2, 0) is 9.59 Å². The molecule has 0 aromatic carbocycles. The molecule has 0 aliphatic rings. The van der Waals surface area contributed by atoms with Crippen molar-refractivity contribution in [3.63, 3.8) is 0 Å². The lowest BCUT2D eigenvalue weighted by Crippen LogP contribution is -2.13. The van der Waals surface area contributed by atoms with Gasteiger partial charge in [0.2, 0.25) is 22.1 Å². The number of amides is 2. The summed E-state index contributed by atoms with van der Waals surface area (Å²) in [4.78, 5) is 22.4. The highest BCUT2D eigenvalue weighted by molar-refractivity contribution is 8.02. The van der Waals surface area contributed by atoms with Crippen LogP contribution < -0.4 is 16.8 Å². The third kappa shape index (κ3) is 5.45. The number of hydrogen-bond donors (Lipinski definition) is 3. The van der Waals surface area contributed by atoms with E-state index in [2.05, 4.69) is 25.7 Å². The third-order valence-corrected chi connectivity index (χ3v) is 5.62. The minimum absolute atomic E-state index is 0.122. The number of thioether (sulfide) groups is 2. The van der Waals surface area contributed by atoms with Crippen LogP contribution in [0.15, 0.2) is 8.68 Å². The number of nitrogens with two attached hydrogens (primary N) is 2. The second-order valence-electron chi connectivity index (χ2n) is 3.37. The van der Waals surface area contributed by atoms with Crippen molar-refractivity contribution in [2.24, 2.45) is 5.73 Å². The minimum atomic E-state index is -0.437. The van der Waals surface area contributed by atoms with Gasteiger partial charge in [-0.05, 0) is 0 Å². The van der Waals surface area contributed by atoms with Crippen LogP contribution in [0.5, 0.6) is 0 Å². The van der Waals surface area contributed by atoms with Gasteiger partial charge in [-0.3, -0.25) is 14.9 Å². The maximum Gasteiger partial charge on any atom is 0.236 e. The molecule has 13 heteroatoms. The molecule has 2 aromatic rings. The molecule has 5 N–H and O–H groups in total. The number of nitrogen functional groups attached to an aromatic ring is 1. The fourth-order valence-corrected chi connectivity index (χ4v) is 3.96. The van der Waals surface area contributed by atoms with Gasteiger partial charge in [0.25, 0.3) is 0 Å². The van der Waals surface area contributed by atoms with Crippen LogP contribution in [0.2, 0.25) is 0 Å². The van der Waals surface area contributed by atoms with Gasteiger partial charge in [-0.2, -0.15) is 0 Å². The van der Waals surface area contributed by atoms with Crippen LogP contribution in [0.25, 0.3) is 0 Å². The predicted molar refractivity (Wildman–Crippen MR) is 83.5 cm³/mol. The zero-order valence-corrected chi connectivity index (χ0v) is 13.6. The molecule has 2 rings (SSSR count). The number of nitrogens with zero attached hydrogens (tertiary/aromatic N) is 4. The molecule has 112 valence electrons. The maximum atomic E-state index is 11.7. The van der Waals surface area contributed by atoms with Gasteiger partial charge in [0.05, 0.1) is 11.5 Å². The highest BCUT2D eigenvalue weighted by atomic mass is 32.2. The number of nitrogens with one attached hydrogen (secondary N) is 1. The van der Waals surface area contributed by atoms with Crippen molar-refractivity contribution in [3.05, 3.63) is 0 Å². The summed E-state index contributed by atoms with van der Waals surface area (Å²) < 4.78 is 1.19. The van der Waals surface area contributed by atoms with Crippen molar-refractivity contribution >= 4 is 68.3 Å². The van der Waals surface area contributed by atoms with E-state index in [1.807, 2.05) is 0 Å². The molecule has 2 heterocycles. The van der Waals surface area contributed by atoms with E-state index in [-0.39, 0.29) is 17.4 Å². The minimum Gasteiger partial charge on any atom is -0.374 e. The van der Waals surface area contributed by atoms with Gasteiger partial charge in [0.15, 0.2) is 8.68 Å². The number of hydrogen-bond acceptors (Lipinski definition) is 11. The summed E-state index contributed by atoms with van der Waals surface area (Å²) in [6.45, 7) is 0. The Kier molecular flexibility index (Phi) is 5.72. The summed E-state index contributed by atoms with van der Waals surface area (Å²) in [6.07, 6.45) is 0. The fourth-order valence-electron chi connectivity index (χ4n) is 1.01. The van der Waals surface area contributed by atoms with Gasteiger partial charge in [-0.15, -0.1) is 20.4 Å². The number of anilines is 2. The van der Waals surface area contributed by atoms with Crippen molar-refractivity contribution in [1.82, 2.24) is 20.4 Å². The first-order valence-electron chi connectivity index (χ1n) is 5.29. The first-order valence-corrected chi connectivity index (χ1v) is 8.89. The molecule has 0 saturated carbocycles. The molecule has 0 aliphatic carbocycles. The highest BCUT2D eigenvalue weighted by Gasteiger charge is 2.11. The van der Waals surface area contributed by atoms with Crippen molar-refractivity contribution < 1.29 is 9.59 Å². The van der Waals surface area contributed by atoms with Crippen molar-refractivity contribution in [2.45, 2.75) is 8.68 Å². The van der Waals surface area contributed by atoms with E-state index in [0.717, 1.165) is 0 Å². The van der Waals surface area contributed by atoms with E-state index in [0.29, 0.717) is 18.9 Å². The normalized spacial score (nSPS) is 10.5. The van der Waals surface area contributed by atoms with Gasteiger partial charge >= 0.3 is 0 Å². The molecule has 0 bridgehead atoms. The number of carbonyl (C=O) groups is 2. The van der Waals surface area contributed by atoms with E-state index in [9.17, 15) is 9.59 Å². The van der Waals surface area contributed by atoms with Gasteiger partial charge in [-0.1, -0.05) is 46.2 Å². The van der Waals surface area contributed by atoms with E-state index in [4.69, 9.17) is 11.5 Å². The van der Waals surface area contributed by atoms with Gasteiger partial charge in [-0.25, -0.2) is 0 Å². The molecule has 9 nitrogen and oxygen atoms in total. The first-order chi connectivity index (χ1) is 10.0. The summed E-state index contributed by atoms with van der Waals surface area (Å²) in [7, 11) is 0. The van der Waals surface area contributed by atoms with Crippen LogP contribution in [0.4, 0.5) is 10.3 Å². The Hall–Kier alpha value is -1.44. The predicted octanol–water partition coefficient (Wildman–Crippen LogP) is 0.280. The Bertz CT molecular complexity index is 642. The zero-order chi connectivity index (χ0) is 15.2. The van der Waals surface area contributed by atoms with Crippen LogP contribution in [0.1, 0.15) is 0 Å². The summed E-state index contributed by atoms with van der Waals surface area (Å²) in [5, 5.41) is 18.4. The third-order valence-electron chi connectivity index (χ3n) is 1.74. The SMILES string of the molecule is NC(=O)CSc1nnc(NC(=O)CSc2nnc(N)s2)s1. The van der Waals surface area contributed by atoms with E-state index < -0.39 is 5.91 Å². The van der Waals surface area contributed by atoms with E-state index in [1.54, 1.807) is 0 Å². The number of carbonyl (C=O) groups excluding carboxylic acids is 2. The quantitative estimate of drug-likeness (QED) is 0.465. The zero-order valence-electron chi connectivity index (χ0n) is 10.3. The average Bonchev–Trinajstić information content (AvgIpc) is 3.03. The van der Waals surface area contributed by atoms with Crippen molar-refractivity contribution in [2.75, 3.05) is 22.6 Å². The molecular formula is C8H9N7O2S4. The topological polar surface area (TPSA) is 150 Å². The van der Waals surface area contributed by atoms with E-state index >= 15 is 0 Å². The van der Waals surface area contributed by atoms with Gasteiger partial charge in [0.1, 0.15) is 0 Å². The summed E-state index contributed by atoms with van der Waals surface area (Å²) in [5.74, 6) is -0.389. The molecule has 0 aliphatic heterocycles. The molecule has 0 radical (unpaired) electrons. The number of aromatic nitrogens is 4. The Morgan fingerprint density at radius 1 is 1.05 bits per heavy atom. The fraction of sp³-hybridized carbons (Fsp3) is 0.250. The smallest absolute Gasteiger partial charge is 0.236 e. The van der Waals surface area contributed by atoms with Crippen molar-refractivity contribution in [3.8, 4) is 0 Å². The lowest BCUT2D eigenvalue weighted by Gasteiger charge is -1.98. The van der Waals surface area contributed by atoms with E-state index in [1.165, 1.54) is 46.2 Å². The molecule has 0 spiro atoms. The monoisotopic (exact) mass is 363 g/mol. The molecule has 2 amide bonds. The second-order valence-corrected chi connectivity index (χ2v) is 7.80. The lowest BCUT2D eigenvalue weighted by molar-refractivity contribution is -0.115. The molecule has 0 saturated heterocycles. The molecule has 2 aromatic heterocycles. The standard InChI is InChI=1S/C8H9N7O2S4/c9-3(16)1-18-8-15-13-6(21-8)11-4(17)2-19-7-14-12-5(10)20-7/h1-2H2,(H2,9,16)(H2,10,12)(H,11,13,17). The van der Waals surface area contributed by atoms with Crippen LogP contribution >= 0.6 is 46.2 Å². The summed E-state index contributed by atoms with van der Waals surface area (Å²) in [6, 6.07) is 0. The second kappa shape index (κ2) is 7.53. The Morgan fingerprint density at radius 2 is 1.71 bits per heavy atom. The molecule has 21 heavy (non-hydrogen) atoms. The maximum absolute atomic E-state index is 11.7. The lowest BCUT2D eigenvalue weighted by atomic mass is 10.7. The summed E-state index contributed by atoms with van der Waals surface area (Å²) in [5.41, 5.74) is 10.5. The van der Waals surface area contributed by atoms with Gasteiger partial charge < -0.3 is 11.5 Å². The molecule has 0 atom stereocenters. The van der Waals surface area contributed by atoms with Crippen molar-refractivity contribution in [1.29, 1.82) is 0 Å². The van der Waals surface area contributed by atoms with Crippen LogP contribution in [0, 0.1) is 0 Å². The van der Waals surface area contributed by atoms with Gasteiger partial charge in [0, 0.05) is 0 Å². The summed E-state index contributed by atoms with van der Waals surface area (Å²) >= 11 is 4.80. The van der Waals surface area contributed by atoms with Crippen LogP contribution in [0.3, 0.4) is 0 Å². The number of rotatable bonds is 7. The molecular weight excluding hydrogens is 354 g/mol. The average molecular weight is 363 g/mol. The Morgan fingerprint density at radius 3 is 2.38 bits per heavy atom. The molecule has 0 unspecified atom stereocenters.